The smallest absolute Gasteiger partial charge is 0.272 e. The number of nitrogens with zero attached hydrogens (tertiary/aromatic N) is 4. The minimum absolute atomic E-state index is 0.134. The van der Waals surface area contributed by atoms with E-state index in [4.69, 9.17) is 14.0 Å². The van der Waals surface area contributed by atoms with Gasteiger partial charge in [0.2, 0.25) is 5.88 Å². The van der Waals surface area contributed by atoms with Gasteiger partial charge < -0.3 is 19.3 Å². The summed E-state index contributed by atoms with van der Waals surface area (Å²) in [7, 11) is 0. The number of hydrogen-bond acceptors (Lipinski definition) is 8. The van der Waals surface area contributed by atoms with Crippen LogP contribution in [-0.4, -0.2) is 51.4 Å². The standard InChI is InChI=1S/C23H25F2N5O4/c1-13-4-3-5-18(26-13)22-17(14(2)34-30-22)11-33-21-9-8-19(28-29-21)23(31)27-15-6-7-16(10-15)32-12-20(24)25/h3-5,8-9,15-16,20H,6-7,10-12H2,1-2H3,(H,27,31)/t15-,16-/m1/s1. The fourth-order valence-electron chi connectivity index (χ4n) is 3.79. The van der Waals surface area contributed by atoms with Gasteiger partial charge in [-0.3, -0.25) is 9.78 Å². The van der Waals surface area contributed by atoms with E-state index in [-0.39, 0.29) is 36.2 Å². The lowest BCUT2D eigenvalue weighted by molar-refractivity contribution is -0.0217. The molecule has 0 saturated heterocycles. The first-order valence-electron chi connectivity index (χ1n) is 11.0. The van der Waals surface area contributed by atoms with Crippen molar-refractivity contribution < 1.29 is 27.6 Å². The van der Waals surface area contributed by atoms with Gasteiger partial charge >= 0.3 is 0 Å². The normalized spacial score (nSPS) is 17.8. The lowest BCUT2D eigenvalue weighted by atomic mass is 10.1. The van der Waals surface area contributed by atoms with Crippen molar-refractivity contribution in [3.05, 3.63) is 53.0 Å². The van der Waals surface area contributed by atoms with Gasteiger partial charge in [-0.05, 0) is 51.3 Å². The molecule has 1 N–H and O–H groups in total. The highest BCUT2D eigenvalue weighted by Crippen LogP contribution is 2.25. The maximum absolute atomic E-state index is 12.5. The van der Waals surface area contributed by atoms with Gasteiger partial charge in [0.15, 0.2) is 5.69 Å². The quantitative estimate of drug-likeness (QED) is 0.501. The second kappa shape index (κ2) is 10.6. The summed E-state index contributed by atoms with van der Waals surface area (Å²) >= 11 is 0. The molecule has 1 fully saturated rings. The van der Waals surface area contributed by atoms with Crippen molar-refractivity contribution in [2.75, 3.05) is 6.61 Å². The highest BCUT2D eigenvalue weighted by molar-refractivity contribution is 5.92. The average Bonchev–Trinajstić information content (AvgIpc) is 3.42. The lowest BCUT2D eigenvalue weighted by Gasteiger charge is -2.13. The maximum Gasteiger partial charge on any atom is 0.272 e. The van der Waals surface area contributed by atoms with Crippen LogP contribution in [0.5, 0.6) is 5.88 Å². The molecule has 0 bridgehead atoms. The molecule has 0 aliphatic heterocycles. The number of ether oxygens (including phenoxy) is 2. The van der Waals surface area contributed by atoms with Crippen molar-refractivity contribution >= 4 is 5.91 Å². The van der Waals surface area contributed by atoms with Crippen LogP contribution in [0.25, 0.3) is 11.4 Å². The third-order valence-corrected chi connectivity index (χ3v) is 5.53. The van der Waals surface area contributed by atoms with Crippen LogP contribution in [0.2, 0.25) is 0 Å². The average molecular weight is 473 g/mol. The van der Waals surface area contributed by atoms with Crippen LogP contribution in [0.1, 0.15) is 46.8 Å². The summed E-state index contributed by atoms with van der Waals surface area (Å²) in [6, 6.07) is 8.55. The van der Waals surface area contributed by atoms with Gasteiger partial charge in [-0.25, -0.2) is 8.78 Å². The Morgan fingerprint density at radius 1 is 1.21 bits per heavy atom. The second-order valence-electron chi connectivity index (χ2n) is 8.11. The van der Waals surface area contributed by atoms with E-state index in [2.05, 4.69) is 25.7 Å². The van der Waals surface area contributed by atoms with E-state index in [1.807, 2.05) is 25.1 Å². The number of hydrogen-bond donors (Lipinski definition) is 1. The summed E-state index contributed by atoms with van der Waals surface area (Å²) in [6.45, 7) is 3.24. The van der Waals surface area contributed by atoms with Crippen molar-refractivity contribution in [1.29, 1.82) is 0 Å². The van der Waals surface area contributed by atoms with E-state index in [0.29, 0.717) is 36.4 Å². The molecule has 1 aliphatic carbocycles. The minimum atomic E-state index is -2.50. The molecular formula is C23H25F2N5O4. The van der Waals surface area contributed by atoms with Crippen LogP contribution in [0.3, 0.4) is 0 Å². The molecular weight excluding hydrogens is 448 g/mol. The summed E-state index contributed by atoms with van der Waals surface area (Å²) in [5, 5.41) is 14.9. The molecule has 3 heterocycles. The van der Waals surface area contributed by atoms with E-state index < -0.39 is 13.0 Å². The van der Waals surface area contributed by atoms with E-state index in [0.717, 1.165) is 11.3 Å². The number of halogens is 2. The molecule has 0 unspecified atom stereocenters. The Bertz CT molecular complexity index is 1120. The van der Waals surface area contributed by atoms with Gasteiger partial charge in [0.1, 0.15) is 24.7 Å². The highest BCUT2D eigenvalue weighted by atomic mass is 19.3. The summed E-state index contributed by atoms with van der Waals surface area (Å²) in [5.74, 6) is 0.456. The zero-order chi connectivity index (χ0) is 24.1. The molecule has 1 aliphatic rings. The van der Waals surface area contributed by atoms with Crippen LogP contribution in [0.15, 0.2) is 34.9 Å². The maximum atomic E-state index is 12.5. The Balaban J connectivity index is 1.32. The predicted molar refractivity (Wildman–Crippen MR) is 116 cm³/mol. The van der Waals surface area contributed by atoms with Crippen LogP contribution in [-0.2, 0) is 11.3 Å². The molecule has 3 aromatic heterocycles. The Morgan fingerprint density at radius 3 is 2.79 bits per heavy atom. The first kappa shape index (κ1) is 23.7. The van der Waals surface area contributed by atoms with Crippen molar-refractivity contribution in [2.24, 2.45) is 0 Å². The SMILES string of the molecule is Cc1cccc(-c2noc(C)c2COc2ccc(C(=O)N[C@@H]3CC[C@@H](OCC(F)F)C3)nn2)n1. The van der Waals surface area contributed by atoms with E-state index in [9.17, 15) is 13.6 Å². The summed E-state index contributed by atoms with van der Waals surface area (Å²) in [4.78, 5) is 16.9. The molecule has 4 rings (SSSR count). The molecule has 0 radical (unpaired) electrons. The van der Waals surface area contributed by atoms with E-state index in [1.54, 1.807) is 13.0 Å². The first-order chi connectivity index (χ1) is 16.4. The molecule has 180 valence electrons. The number of amides is 1. The summed E-state index contributed by atoms with van der Waals surface area (Å²) < 4.78 is 40.8. The van der Waals surface area contributed by atoms with Gasteiger partial charge in [-0.1, -0.05) is 11.2 Å². The number of nitrogens with one attached hydrogen (secondary N) is 1. The van der Waals surface area contributed by atoms with Crippen LogP contribution in [0, 0.1) is 13.8 Å². The van der Waals surface area contributed by atoms with Crippen molar-refractivity contribution in [2.45, 2.75) is 58.3 Å². The third kappa shape index (κ3) is 5.90. The van der Waals surface area contributed by atoms with Crippen molar-refractivity contribution in [3.63, 3.8) is 0 Å². The first-order valence-corrected chi connectivity index (χ1v) is 11.0. The van der Waals surface area contributed by atoms with Gasteiger partial charge in [-0.2, -0.15) is 0 Å². The number of pyridine rings is 1. The molecule has 2 atom stereocenters. The zero-order valence-electron chi connectivity index (χ0n) is 18.8. The van der Waals surface area contributed by atoms with E-state index >= 15 is 0 Å². The third-order valence-electron chi connectivity index (χ3n) is 5.53. The Labute approximate surface area is 194 Å². The van der Waals surface area contributed by atoms with Crippen LogP contribution < -0.4 is 10.1 Å². The molecule has 1 amide bonds. The number of aryl methyl sites for hydroxylation is 2. The molecule has 1 saturated carbocycles. The fourth-order valence-corrected chi connectivity index (χ4v) is 3.79. The van der Waals surface area contributed by atoms with E-state index in [1.165, 1.54) is 6.07 Å². The van der Waals surface area contributed by atoms with Crippen LogP contribution >= 0.6 is 0 Å². The van der Waals surface area contributed by atoms with Gasteiger partial charge in [-0.15, -0.1) is 10.2 Å². The minimum Gasteiger partial charge on any atom is -0.472 e. The van der Waals surface area contributed by atoms with Crippen LogP contribution in [0.4, 0.5) is 8.78 Å². The molecule has 34 heavy (non-hydrogen) atoms. The second-order valence-corrected chi connectivity index (χ2v) is 8.11. The number of carbonyl (C=O) groups excluding carboxylic acids is 1. The number of rotatable bonds is 9. The fraction of sp³-hybridized carbons (Fsp3) is 0.435. The van der Waals surface area contributed by atoms with Gasteiger partial charge in [0.05, 0.1) is 17.4 Å². The lowest BCUT2D eigenvalue weighted by Crippen LogP contribution is -2.34. The Kier molecular flexibility index (Phi) is 7.41. The highest BCUT2D eigenvalue weighted by Gasteiger charge is 2.28. The molecule has 11 heteroatoms. The zero-order valence-corrected chi connectivity index (χ0v) is 18.8. The predicted octanol–water partition coefficient (Wildman–Crippen LogP) is 3.66. The summed E-state index contributed by atoms with van der Waals surface area (Å²) in [6.07, 6.45) is -1.00. The monoisotopic (exact) mass is 473 g/mol. The number of alkyl halides is 2. The topological polar surface area (TPSA) is 112 Å². The molecule has 0 spiro atoms. The van der Waals surface area contributed by atoms with Crippen molar-refractivity contribution in [3.8, 4) is 17.3 Å². The molecule has 0 aromatic carbocycles. The molecule has 3 aromatic rings. The van der Waals surface area contributed by atoms with Gasteiger partial charge in [0, 0.05) is 17.8 Å². The largest absolute Gasteiger partial charge is 0.472 e. The number of carbonyl (C=O) groups is 1. The number of aromatic nitrogens is 4. The Hall–Kier alpha value is -3.47. The van der Waals surface area contributed by atoms with Crippen molar-refractivity contribution in [1.82, 2.24) is 25.7 Å². The Morgan fingerprint density at radius 2 is 2.06 bits per heavy atom. The van der Waals surface area contributed by atoms with Gasteiger partial charge in [0.25, 0.3) is 12.3 Å². The molecule has 9 nitrogen and oxygen atoms in total. The summed E-state index contributed by atoms with van der Waals surface area (Å²) in [5.41, 5.74) is 3.01.